The summed E-state index contributed by atoms with van der Waals surface area (Å²) in [6.45, 7) is 7.25. The number of hydrogen-bond donors (Lipinski definition) is 1. The van der Waals surface area contributed by atoms with Crippen molar-refractivity contribution in [1.82, 2.24) is 10.2 Å². The van der Waals surface area contributed by atoms with Crippen LogP contribution in [0.5, 0.6) is 0 Å². The predicted octanol–water partition coefficient (Wildman–Crippen LogP) is 3.08. The van der Waals surface area contributed by atoms with Crippen LogP contribution in [0.4, 0.5) is 0 Å². The van der Waals surface area contributed by atoms with Gasteiger partial charge in [0.25, 0.3) is 0 Å². The molecule has 2 aliphatic heterocycles. The van der Waals surface area contributed by atoms with Crippen molar-refractivity contribution in [1.29, 1.82) is 0 Å². The second-order valence-electron chi connectivity index (χ2n) is 6.73. The number of nitrogens with one attached hydrogen (secondary N) is 1. The standard InChI is InChI=1S/C20H31N3O2.HI/c1-2-21-20(22-12-6-10-17-8-4-3-5-9-17)23-13-15-25-19(16-23)18-11-7-14-24-18;/h3-5,8-9,18-19H,2,6-7,10-16H2,1H3,(H,21,22);1H. The molecule has 0 bridgehead atoms. The number of ether oxygens (including phenoxy) is 2. The Kier molecular flexibility index (Phi) is 9.71. The minimum atomic E-state index is 0. The van der Waals surface area contributed by atoms with E-state index in [0.29, 0.717) is 0 Å². The Labute approximate surface area is 174 Å². The van der Waals surface area contributed by atoms with Gasteiger partial charge in [0.05, 0.1) is 12.7 Å². The second kappa shape index (κ2) is 11.8. The van der Waals surface area contributed by atoms with Crippen LogP contribution in [0, 0.1) is 0 Å². The van der Waals surface area contributed by atoms with Crippen molar-refractivity contribution in [2.75, 3.05) is 39.4 Å². The first-order valence-electron chi connectivity index (χ1n) is 9.67. The van der Waals surface area contributed by atoms with Crippen molar-refractivity contribution < 1.29 is 9.47 Å². The molecular formula is C20H32IN3O2. The molecule has 2 saturated heterocycles. The zero-order valence-corrected chi connectivity index (χ0v) is 18.1. The molecule has 2 heterocycles. The topological polar surface area (TPSA) is 46.1 Å². The van der Waals surface area contributed by atoms with Crippen LogP contribution in [0.1, 0.15) is 31.7 Å². The van der Waals surface area contributed by atoms with Gasteiger partial charge in [-0.25, -0.2) is 0 Å². The van der Waals surface area contributed by atoms with E-state index in [4.69, 9.17) is 14.5 Å². The summed E-state index contributed by atoms with van der Waals surface area (Å²) in [7, 11) is 0. The summed E-state index contributed by atoms with van der Waals surface area (Å²) < 4.78 is 11.8. The van der Waals surface area contributed by atoms with Gasteiger partial charge in [-0.2, -0.15) is 0 Å². The smallest absolute Gasteiger partial charge is 0.194 e. The van der Waals surface area contributed by atoms with Gasteiger partial charge in [-0.1, -0.05) is 30.3 Å². The van der Waals surface area contributed by atoms with Crippen molar-refractivity contribution in [3.8, 4) is 0 Å². The first-order chi connectivity index (χ1) is 12.4. The average Bonchev–Trinajstić information content (AvgIpc) is 3.20. The molecule has 2 unspecified atom stereocenters. The second-order valence-corrected chi connectivity index (χ2v) is 6.73. The lowest BCUT2D eigenvalue weighted by molar-refractivity contribution is -0.0817. The van der Waals surface area contributed by atoms with E-state index in [1.54, 1.807) is 0 Å². The molecule has 0 spiro atoms. The summed E-state index contributed by atoms with van der Waals surface area (Å²) in [6, 6.07) is 10.6. The Morgan fingerprint density at radius 1 is 1.19 bits per heavy atom. The number of aryl methyl sites for hydroxylation is 1. The summed E-state index contributed by atoms with van der Waals surface area (Å²) in [5, 5.41) is 3.44. The number of guanidine groups is 1. The Bertz CT molecular complexity index is 535. The van der Waals surface area contributed by atoms with Crippen molar-refractivity contribution in [3.63, 3.8) is 0 Å². The van der Waals surface area contributed by atoms with Gasteiger partial charge < -0.3 is 19.7 Å². The third kappa shape index (κ3) is 6.39. The van der Waals surface area contributed by atoms with Crippen molar-refractivity contribution in [2.24, 2.45) is 4.99 Å². The molecule has 3 rings (SSSR count). The molecule has 0 saturated carbocycles. The molecule has 1 aromatic rings. The molecule has 0 aliphatic carbocycles. The highest BCUT2D eigenvalue weighted by Gasteiger charge is 2.32. The highest BCUT2D eigenvalue weighted by atomic mass is 127. The molecule has 0 aromatic heterocycles. The molecule has 1 N–H and O–H groups in total. The highest BCUT2D eigenvalue weighted by molar-refractivity contribution is 14.0. The van der Waals surface area contributed by atoms with Crippen molar-refractivity contribution in [3.05, 3.63) is 35.9 Å². The molecule has 2 fully saturated rings. The van der Waals surface area contributed by atoms with Crippen LogP contribution in [-0.2, 0) is 15.9 Å². The zero-order chi connectivity index (χ0) is 17.3. The van der Waals surface area contributed by atoms with Gasteiger partial charge in [-0.3, -0.25) is 4.99 Å². The largest absolute Gasteiger partial charge is 0.375 e. The van der Waals surface area contributed by atoms with Crippen LogP contribution in [-0.4, -0.2) is 62.5 Å². The predicted molar refractivity (Wildman–Crippen MR) is 116 cm³/mol. The molecule has 1 aromatic carbocycles. The molecule has 2 aliphatic rings. The average molecular weight is 473 g/mol. The molecule has 0 amide bonds. The molecular weight excluding hydrogens is 441 g/mol. The lowest BCUT2D eigenvalue weighted by Gasteiger charge is -2.37. The monoisotopic (exact) mass is 473 g/mol. The summed E-state index contributed by atoms with van der Waals surface area (Å²) in [5.41, 5.74) is 1.38. The van der Waals surface area contributed by atoms with Crippen molar-refractivity contribution >= 4 is 29.9 Å². The zero-order valence-electron chi connectivity index (χ0n) is 15.7. The lowest BCUT2D eigenvalue weighted by atomic mass is 10.1. The number of aliphatic imine (C=N–C) groups is 1. The van der Waals surface area contributed by atoms with Crippen LogP contribution in [0.25, 0.3) is 0 Å². The molecule has 0 radical (unpaired) electrons. The van der Waals surface area contributed by atoms with Gasteiger partial charge in [0.1, 0.15) is 6.10 Å². The lowest BCUT2D eigenvalue weighted by Crippen LogP contribution is -2.53. The van der Waals surface area contributed by atoms with E-state index in [1.807, 2.05) is 0 Å². The molecule has 6 heteroatoms. The van der Waals surface area contributed by atoms with Gasteiger partial charge in [0.15, 0.2) is 5.96 Å². The Hall–Kier alpha value is -0.860. The minimum absolute atomic E-state index is 0. The Morgan fingerprint density at radius 2 is 2.00 bits per heavy atom. The SMILES string of the molecule is CCNC(=NCCCc1ccccc1)N1CCOC(C2CCCO2)C1.I. The van der Waals surface area contributed by atoms with Gasteiger partial charge in [-0.05, 0) is 38.2 Å². The first kappa shape index (κ1) is 21.4. The normalized spacial score (nSPS) is 23.6. The number of morpholine rings is 1. The van der Waals surface area contributed by atoms with E-state index in [2.05, 4.69) is 47.5 Å². The Balaban J connectivity index is 0.00000243. The molecule has 26 heavy (non-hydrogen) atoms. The molecule has 5 nitrogen and oxygen atoms in total. The molecule has 146 valence electrons. The fourth-order valence-corrected chi connectivity index (χ4v) is 3.53. The third-order valence-corrected chi connectivity index (χ3v) is 4.84. The minimum Gasteiger partial charge on any atom is -0.375 e. The Morgan fingerprint density at radius 3 is 2.73 bits per heavy atom. The van der Waals surface area contributed by atoms with E-state index < -0.39 is 0 Å². The number of halogens is 1. The van der Waals surface area contributed by atoms with Crippen LogP contribution in [0.3, 0.4) is 0 Å². The summed E-state index contributed by atoms with van der Waals surface area (Å²) in [4.78, 5) is 7.18. The highest BCUT2D eigenvalue weighted by Crippen LogP contribution is 2.21. The number of nitrogens with zero attached hydrogens (tertiary/aromatic N) is 2. The van der Waals surface area contributed by atoms with Crippen molar-refractivity contribution in [2.45, 2.75) is 44.8 Å². The van der Waals surface area contributed by atoms with Gasteiger partial charge in [-0.15, -0.1) is 24.0 Å². The summed E-state index contributed by atoms with van der Waals surface area (Å²) >= 11 is 0. The first-order valence-corrected chi connectivity index (χ1v) is 9.67. The van der Waals surface area contributed by atoms with Gasteiger partial charge in [0, 0.05) is 32.8 Å². The summed E-state index contributed by atoms with van der Waals surface area (Å²) in [6.07, 6.45) is 4.83. The maximum atomic E-state index is 5.95. The van der Waals surface area contributed by atoms with Crippen LogP contribution < -0.4 is 5.32 Å². The molecule has 2 atom stereocenters. The third-order valence-electron chi connectivity index (χ3n) is 4.84. The van der Waals surface area contributed by atoms with Crippen LogP contribution in [0.15, 0.2) is 35.3 Å². The van der Waals surface area contributed by atoms with Gasteiger partial charge >= 0.3 is 0 Å². The number of benzene rings is 1. The number of hydrogen-bond acceptors (Lipinski definition) is 3. The maximum Gasteiger partial charge on any atom is 0.194 e. The maximum absolute atomic E-state index is 5.95. The number of rotatable bonds is 6. The summed E-state index contributed by atoms with van der Waals surface area (Å²) in [5.74, 6) is 1.02. The fourth-order valence-electron chi connectivity index (χ4n) is 3.53. The van der Waals surface area contributed by atoms with Gasteiger partial charge in [0.2, 0.25) is 0 Å². The fraction of sp³-hybridized carbons (Fsp3) is 0.650. The van der Waals surface area contributed by atoms with E-state index in [0.717, 1.165) is 71.0 Å². The van der Waals surface area contributed by atoms with E-state index >= 15 is 0 Å². The van der Waals surface area contributed by atoms with Crippen LogP contribution in [0.2, 0.25) is 0 Å². The van der Waals surface area contributed by atoms with E-state index in [-0.39, 0.29) is 36.2 Å². The quantitative estimate of drug-likeness (QED) is 0.299. The van der Waals surface area contributed by atoms with Crippen LogP contribution >= 0.6 is 24.0 Å². The van der Waals surface area contributed by atoms with E-state index in [1.165, 1.54) is 5.56 Å². The van der Waals surface area contributed by atoms with E-state index in [9.17, 15) is 0 Å².